The van der Waals surface area contributed by atoms with Crippen LogP contribution in [0.4, 0.5) is 5.69 Å². The first-order valence-electron chi connectivity index (χ1n) is 5.95. The summed E-state index contributed by atoms with van der Waals surface area (Å²) in [6.07, 6.45) is 0. The maximum atomic E-state index is 11.0. The number of rotatable bonds is 5. The normalized spacial score (nSPS) is 12.3. The van der Waals surface area contributed by atoms with Crippen LogP contribution in [0.15, 0.2) is 29.6 Å². The summed E-state index contributed by atoms with van der Waals surface area (Å²) in [5.41, 5.74) is 1.81. The molecule has 0 fully saturated rings. The van der Waals surface area contributed by atoms with Gasteiger partial charge in [0.15, 0.2) is 0 Å². The topological polar surface area (TPSA) is 68.1 Å². The summed E-state index contributed by atoms with van der Waals surface area (Å²) >= 11 is 1.60. The number of hydrogen-bond acceptors (Lipinski definition) is 5. The van der Waals surface area contributed by atoms with Gasteiger partial charge in [-0.2, -0.15) is 0 Å². The van der Waals surface area contributed by atoms with Crippen molar-refractivity contribution in [3.8, 4) is 0 Å². The Labute approximate surface area is 115 Å². The van der Waals surface area contributed by atoms with E-state index in [0.29, 0.717) is 12.1 Å². The van der Waals surface area contributed by atoms with Crippen molar-refractivity contribution in [2.75, 3.05) is 0 Å². The second kappa shape index (κ2) is 5.90. The maximum Gasteiger partial charge on any atom is 0.274 e. The Kier molecular flexibility index (Phi) is 4.24. The van der Waals surface area contributed by atoms with Crippen LogP contribution in [0.25, 0.3) is 0 Å². The van der Waals surface area contributed by atoms with E-state index in [2.05, 4.69) is 10.3 Å². The molecule has 1 aromatic carbocycles. The zero-order valence-electron chi connectivity index (χ0n) is 10.8. The number of nitrogens with zero attached hydrogens (tertiary/aromatic N) is 2. The molecule has 0 bridgehead atoms. The number of thiazole rings is 1. The van der Waals surface area contributed by atoms with Crippen LogP contribution < -0.4 is 5.32 Å². The van der Waals surface area contributed by atoms with Gasteiger partial charge in [0.25, 0.3) is 5.69 Å². The van der Waals surface area contributed by atoms with E-state index < -0.39 is 0 Å². The minimum atomic E-state index is -0.347. The number of para-hydroxylation sites is 1. The quantitative estimate of drug-likeness (QED) is 0.673. The molecule has 1 N–H and O–H groups in total. The Morgan fingerprint density at radius 2 is 2.21 bits per heavy atom. The van der Waals surface area contributed by atoms with Crippen molar-refractivity contribution < 1.29 is 4.92 Å². The average molecular weight is 277 g/mol. The number of nitrogens with one attached hydrogen (secondary N) is 1. The van der Waals surface area contributed by atoms with Crippen molar-refractivity contribution in [3.05, 3.63) is 56.0 Å². The van der Waals surface area contributed by atoms with Gasteiger partial charge in [-0.05, 0) is 13.8 Å². The first-order valence-corrected chi connectivity index (χ1v) is 6.83. The monoisotopic (exact) mass is 277 g/mol. The third kappa shape index (κ3) is 3.36. The van der Waals surface area contributed by atoms with Crippen molar-refractivity contribution in [3.63, 3.8) is 0 Å². The fourth-order valence-electron chi connectivity index (χ4n) is 1.88. The number of hydrogen-bond donors (Lipinski definition) is 1. The fraction of sp³-hybridized carbons (Fsp3) is 0.308. The number of nitro groups is 1. The van der Waals surface area contributed by atoms with Crippen molar-refractivity contribution in [1.82, 2.24) is 10.3 Å². The largest absolute Gasteiger partial charge is 0.304 e. The number of nitro benzene ring substituents is 1. The molecule has 0 radical (unpaired) electrons. The predicted molar refractivity (Wildman–Crippen MR) is 75.2 cm³/mol. The summed E-state index contributed by atoms with van der Waals surface area (Å²) in [6.45, 7) is 4.48. The van der Waals surface area contributed by atoms with Gasteiger partial charge in [0, 0.05) is 29.6 Å². The summed E-state index contributed by atoms with van der Waals surface area (Å²) in [5, 5.41) is 17.3. The highest BCUT2D eigenvalue weighted by atomic mass is 32.1. The van der Waals surface area contributed by atoms with Gasteiger partial charge in [-0.1, -0.05) is 18.2 Å². The van der Waals surface area contributed by atoms with E-state index in [1.165, 1.54) is 6.07 Å². The highest BCUT2D eigenvalue weighted by Crippen LogP contribution is 2.24. The van der Waals surface area contributed by atoms with Crippen LogP contribution in [0.1, 0.15) is 29.2 Å². The van der Waals surface area contributed by atoms with E-state index >= 15 is 0 Å². The van der Waals surface area contributed by atoms with Crippen molar-refractivity contribution in [2.45, 2.75) is 26.4 Å². The molecule has 2 rings (SSSR count). The minimum Gasteiger partial charge on any atom is -0.304 e. The van der Waals surface area contributed by atoms with Crippen molar-refractivity contribution in [2.24, 2.45) is 0 Å². The van der Waals surface area contributed by atoms with Gasteiger partial charge >= 0.3 is 0 Å². The minimum absolute atomic E-state index is 0.0939. The lowest BCUT2D eigenvalue weighted by molar-refractivity contribution is -0.385. The van der Waals surface area contributed by atoms with Gasteiger partial charge < -0.3 is 5.32 Å². The zero-order chi connectivity index (χ0) is 13.8. The van der Waals surface area contributed by atoms with Crippen LogP contribution in [0.2, 0.25) is 0 Å². The molecular formula is C13H15N3O2S. The van der Waals surface area contributed by atoms with Gasteiger partial charge in [-0.3, -0.25) is 10.1 Å². The molecule has 5 nitrogen and oxygen atoms in total. The molecular weight excluding hydrogens is 262 g/mol. The summed E-state index contributed by atoms with van der Waals surface area (Å²) in [7, 11) is 0. The SMILES string of the molecule is Cc1nc(CNC(C)c2ccccc2[N+](=O)[O-])cs1. The molecule has 19 heavy (non-hydrogen) atoms. The third-order valence-electron chi connectivity index (χ3n) is 2.86. The molecule has 2 aromatic rings. The van der Waals surface area contributed by atoms with E-state index in [1.807, 2.05) is 25.3 Å². The summed E-state index contributed by atoms with van der Waals surface area (Å²) in [5.74, 6) is 0. The van der Waals surface area contributed by atoms with Gasteiger partial charge in [0.2, 0.25) is 0 Å². The third-order valence-corrected chi connectivity index (χ3v) is 3.68. The van der Waals surface area contributed by atoms with Gasteiger partial charge in [0.1, 0.15) is 0 Å². The van der Waals surface area contributed by atoms with Crippen molar-refractivity contribution in [1.29, 1.82) is 0 Å². The van der Waals surface area contributed by atoms with Crippen LogP contribution >= 0.6 is 11.3 Å². The van der Waals surface area contributed by atoms with Crippen LogP contribution in [-0.4, -0.2) is 9.91 Å². The van der Waals surface area contributed by atoms with Crippen molar-refractivity contribution >= 4 is 17.0 Å². The highest BCUT2D eigenvalue weighted by molar-refractivity contribution is 7.09. The van der Waals surface area contributed by atoms with Crippen LogP contribution in [0, 0.1) is 17.0 Å². The molecule has 0 saturated carbocycles. The Morgan fingerprint density at radius 1 is 1.47 bits per heavy atom. The highest BCUT2D eigenvalue weighted by Gasteiger charge is 2.17. The lowest BCUT2D eigenvalue weighted by Crippen LogP contribution is -2.19. The van der Waals surface area contributed by atoms with E-state index in [0.717, 1.165) is 10.7 Å². The molecule has 0 spiro atoms. The predicted octanol–water partition coefficient (Wildman–Crippen LogP) is 3.21. The molecule has 1 aromatic heterocycles. The summed E-state index contributed by atoms with van der Waals surface area (Å²) in [6, 6.07) is 6.71. The number of aryl methyl sites for hydroxylation is 1. The molecule has 0 aliphatic heterocycles. The van der Waals surface area contributed by atoms with E-state index in [9.17, 15) is 10.1 Å². The molecule has 1 atom stereocenters. The van der Waals surface area contributed by atoms with Gasteiger partial charge in [-0.25, -0.2) is 4.98 Å². The second-order valence-corrected chi connectivity index (χ2v) is 5.34. The molecule has 0 amide bonds. The Bertz CT molecular complexity index is 583. The molecule has 0 saturated heterocycles. The molecule has 1 heterocycles. The van der Waals surface area contributed by atoms with E-state index in [4.69, 9.17) is 0 Å². The smallest absolute Gasteiger partial charge is 0.274 e. The van der Waals surface area contributed by atoms with Gasteiger partial charge in [0.05, 0.1) is 15.6 Å². The van der Waals surface area contributed by atoms with Gasteiger partial charge in [-0.15, -0.1) is 11.3 Å². The Morgan fingerprint density at radius 3 is 2.84 bits per heavy atom. The molecule has 1 unspecified atom stereocenters. The molecule has 0 aliphatic rings. The Hall–Kier alpha value is -1.79. The molecule has 100 valence electrons. The first kappa shape index (κ1) is 13.6. The summed E-state index contributed by atoms with van der Waals surface area (Å²) in [4.78, 5) is 15.0. The lowest BCUT2D eigenvalue weighted by atomic mass is 10.1. The lowest BCUT2D eigenvalue weighted by Gasteiger charge is -2.13. The number of aromatic nitrogens is 1. The van der Waals surface area contributed by atoms with E-state index in [-0.39, 0.29) is 16.7 Å². The van der Waals surface area contributed by atoms with E-state index in [1.54, 1.807) is 23.5 Å². The standard InChI is InChI=1S/C13H15N3O2S/c1-9(14-7-11-8-19-10(2)15-11)12-5-3-4-6-13(12)16(17)18/h3-6,8-9,14H,7H2,1-2H3. The first-order chi connectivity index (χ1) is 9.08. The molecule has 6 heteroatoms. The molecule has 0 aliphatic carbocycles. The van der Waals surface area contributed by atoms with Crippen LogP contribution in [0.5, 0.6) is 0 Å². The maximum absolute atomic E-state index is 11.0. The Balaban J connectivity index is 2.07. The fourth-order valence-corrected chi connectivity index (χ4v) is 2.49. The second-order valence-electron chi connectivity index (χ2n) is 4.28. The zero-order valence-corrected chi connectivity index (χ0v) is 11.6. The van der Waals surface area contributed by atoms with Crippen LogP contribution in [-0.2, 0) is 6.54 Å². The average Bonchev–Trinajstić information content (AvgIpc) is 2.81. The number of benzene rings is 1. The van der Waals surface area contributed by atoms with Crippen LogP contribution in [0.3, 0.4) is 0 Å². The summed E-state index contributed by atoms with van der Waals surface area (Å²) < 4.78 is 0.